The van der Waals surface area contributed by atoms with E-state index in [-0.39, 0.29) is 5.91 Å². The SMILES string of the molecule is COc1ccc(CCNC(=O)c2cnc(N3CCC4(CC3)OCCO4)cn2)cc1. The molecule has 1 aromatic heterocycles. The number of hydrogen-bond donors (Lipinski definition) is 1. The van der Waals surface area contributed by atoms with Crippen LogP contribution in [0.1, 0.15) is 28.9 Å². The molecule has 1 spiro atoms. The quantitative estimate of drug-likeness (QED) is 0.794. The molecule has 2 aliphatic rings. The number of nitrogens with one attached hydrogen (secondary N) is 1. The number of nitrogens with zero attached hydrogens (tertiary/aromatic N) is 3. The Kier molecular flexibility index (Phi) is 5.92. The van der Waals surface area contributed by atoms with Crippen LogP contribution >= 0.6 is 0 Å². The molecule has 0 bridgehead atoms. The van der Waals surface area contributed by atoms with Crippen LogP contribution in [0.4, 0.5) is 5.82 Å². The van der Waals surface area contributed by atoms with Crippen molar-refractivity contribution >= 4 is 11.7 Å². The summed E-state index contributed by atoms with van der Waals surface area (Å²) in [6.45, 7) is 3.46. The van der Waals surface area contributed by atoms with Crippen molar-refractivity contribution in [3.8, 4) is 5.75 Å². The molecule has 3 heterocycles. The lowest BCUT2D eigenvalue weighted by Crippen LogP contribution is -2.45. The lowest BCUT2D eigenvalue weighted by atomic mass is 10.0. The number of benzene rings is 1. The molecule has 0 unspecified atom stereocenters. The number of hydrogen-bond acceptors (Lipinski definition) is 7. The maximum Gasteiger partial charge on any atom is 0.271 e. The van der Waals surface area contributed by atoms with Gasteiger partial charge in [-0.3, -0.25) is 4.79 Å². The fraction of sp³-hybridized carbons (Fsp3) is 0.476. The lowest BCUT2D eigenvalue weighted by molar-refractivity contribution is -0.169. The first-order valence-electron chi connectivity index (χ1n) is 9.93. The second kappa shape index (κ2) is 8.75. The first-order chi connectivity index (χ1) is 14.2. The maximum absolute atomic E-state index is 12.3. The van der Waals surface area contributed by atoms with Gasteiger partial charge in [-0.05, 0) is 24.1 Å². The highest BCUT2D eigenvalue weighted by Crippen LogP contribution is 2.32. The van der Waals surface area contributed by atoms with E-state index in [1.165, 1.54) is 6.20 Å². The van der Waals surface area contributed by atoms with Crippen molar-refractivity contribution in [2.24, 2.45) is 0 Å². The number of aromatic nitrogens is 2. The standard InChI is InChI=1S/C21H26N4O4/c1-27-17-4-2-16(3-5-17)6-9-22-20(26)18-14-24-19(15-23-18)25-10-7-21(8-11-25)28-12-13-29-21/h2-5,14-15H,6-13H2,1H3,(H,22,26). The molecule has 0 aliphatic carbocycles. The maximum atomic E-state index is 12.3. The third-order valence-corrected chi connectivity index (χ3v) is 5.39. The van der Waals surface area contributed by atoms with Gasteiger partial charge >= 0.3 is 0 Å². The highest BCUT2D eigenvalue weighted by atomic mass is 16.7. The molecule has 1 aromatic carbocycles. The van der Waals surface area contributed by atoms with Gasteiger partial charge in [0, 0.05) is 32.5 Å². The molecule has 1 N–H and O–H groups in total. The van der Waals surface area contributed by atoms with Gasteiger partial charge in [-0.25, -0.2) is 9.97 Å². The molecular weight excluding hydrogens is 372 g/mol. The normalized spacial score (nSPS) is 18.0. The first kappa shape index (κ1) is 19.6. The predicted molar refractivity (Wildman–Crippen MR) is 107 cm³/mol. The zero-order valence-electron chi connectivity index (χ0n) is 16.6. The van der Waals surface area contributed by atoms with Crippen LogP contribution in [-0.2, 0) is 15.9 Å². The summed E-state index contributed by atoms with van der Waals surface area (Å²) in [5.74, 6) is 0.962. The van der Waals surface area contributed by atoms with Crippen LogP contribution in [-0.4, -0.2) is 61.6 Å². The van der Waals surface area contributed by atoms with Crippen molar-refractivity contribution in [3.63, 3.8) is 0 Å². The Morgan fingerprint density at radius 3 is 2.48 bits per heavy atom. The van der Waals surface area contributed by atoms with Gasteiger partial charge in [0.15, 0.2) is 5.79 Å². The van der Waals surface area contributed by atoms with Gasteiger partial charge in [0.25, 0.3) is 5.91 Å². The van der Waals surface area contributed by atoms with E-state index in [1.807, 2.05) is 24.3 Å². The molecule has 2 aromatic rings. The molecule has 29 heavy (non-hydrogen) atoms. The molecule has 0 radical (unpaired) electrons. The van der Waals surface area contributed by atoms with E-state index in [0.29, 0.717) is 25.5 Å². The summed E-state index contributed by atoms with van der Waals surface area (Å²) in [6.07, 6.45) is 5.54. The van der Waals surface area contributed by atoms with Crippen molar-refractivity contribution in [1.82, 2.24) is 15.3 Å². The minimum absolute atomic E-state index is 0.220. The van der Waals surface area contributed by atoms with E-state index in [1.54, 1.807) is 13.3 Å². The Morgan fingerprint density at radius 2 is 1.86 bits per heavy atom. The average molecular weight is 398 g/mol. The molecule has 154 valence electrons. The third kappa shape index (κ3) is 4.65. The topological polar surface area (TPSA) is 85.8 Å². The summed E-state index contributed by atoms with van der Waals surface area (Å²) in [4.78, 5) is 23.2. The highest BCUT2D eigenvalue weighted by molar-refractivity contribution is 5.92. The Hall–Kier alpha value is -2.71. The number of piperidine rings is 1. The van der Waals surface area contributed by atoms with Crippen LogP contribution in [0.2, 0.25) is 0 Å². The van der Waals surface area contributed by atoms with Gasteiger partial charge in [-0.1, -0.05) is 12.1 Å². The van der Waals surface area contributed by atoms with Crippen LogP contribution < -0.4 is 15.0 Å². The number of methoxy groups -OCH3 is 1. The molecule has 2 fully saturated rings. The van der Waals surface area contributed by atoms with Crippen LogP contribution in [0, 0.1) is 0 Å². The van der Waals surface area contributed by atoms with E-state index < -0.39 is 5.79 Å². The Balaban J connectivity index is 1.25. The van der Waals surface area contributed by atoms with Crippen molar-refractivity contribution < 1.29 is 19.0 Å². The van der Waals surface area contributed by atoms with E-state index >= 15 is 0 Å². The van der Waals surface area contributed by atoms with Crippen molar-refractivity contribution in [2.45, 2.75) is 25.0 Å². The predicted octanol–water partition coefficient (Wildman–Crippen LogP) is 1.80. The van der Waals surface area contributed by atoms with Gasteiger partial charge in [0.1, 0.15) is 17.3 Å². The summed E-state index contributed by atoms with van der Waals surface area (Å²) in [6, 6.07) is 7.80. The van der Waals surface area contributed by atoms with Crippen LogP contribution in [0.25, 0.3) is 0 Å². The fourth-order valence-electron chi connectivity index (χ4n) is 3.67. The molecule has 1 amide bonds. The Labute approximate surface area is 170 Å². The number of anilines is 1. The number of carbonyl (C=O) groups excluding carboxylic acids is 1. The van der Waals surface area contributed by atoms with E-state index in [9.17, 15) is 4.79 Å². The average Bonchev–Trinajstić information content (AvgIpc) is 3.23. The van der Waals surface area contributed by atoms with Crippen molar-refractivity contribution in [1.29, 1.82) is 0 Å². The van der Waals surface area contributed by atoms with Crippen LogP contribution in [0.3, 0.4) is 0 Å². The third-order valence-electron chi connectivity index (χ3n) is 5.39. The Morgan fingerprint density at radius 1 is 1.14 bits per heavy atom. The minimum Gasteiger partial charge on any atom is -0.497 e. The smallest absolute Gasteiger partial charge is 0.271 e. The van der Waals surface area contributed by atoms with Gasteiger partial charge < -0.3 is 24.4 Å². The summed E-state index contributed by atoms with van der Waals surface area (Å²) in [7, 11) is 1.64. The molecule has 2 saturated heterocycles. The number of amides is 1. The summed E-state index contributed by atoms with van der Waals surface area (Å²) >= 11 is 0. The van der Waals surface area contributed by atoms with Gasteiger partial charge in [0.2, 0.25) is 0 Å². The van der Waals surface area contributed by atoms with Crippen molar-refractivity contribution in [2.75, 3.05) is 44.9 Å². The zero-order chi connectivity index (χ0) is 20.1. The van der Waals surface area contributed by atoms with E-state index in [0.717, 1.165) is 49.5 Å². The molecule has 0 saturated carbocycles. The summed E-state index contributed by atoms with van der Waals surface area (Å²) < 4.78 is 16.7. The molecular formula is C21H26N4O4. The second-order valence-corrected chi connectivity index (χ2v) is 7.21. The number of rotatable bonds is 6. The summed E-state index contributed by atoms with van der Waals surface area (Å²) in [5.41, 5.74) is 1.45. The number of carbonyl (C=O) groups is 1. The Bertz CT molecular complexity index is 810. The van der Waals surface area contributed by atoms with E-state index in [2.05, 4.69) is 20.2 Å². The zero-order valence-corrected chi connectivity index (χ0v) is 16.6. The first-order valence-corrected chi connectivity index (χ1v) is 9.93. The second-order valence-electron chi connectivity index (χ2n) is 7.21. The minimum atomic E-state index is -0.409. The highest BCUT2D eigenvalue weighted by Gasteiger charge is 2.40. The van der Waals surface area contributed by atoms with Gasteiger partial charge in [0.05, 0.1) is 32.7 Å². The monoisotopic (exact) mass is 398 g/mol. The lowest BCUT2D eigenvalue weighted by Gasteiger charge is -2.37. The fourth-order valence-corrected chi connectivity index (χ4v) is 3.67. The molecule has 0 atom stereocenters. The van der Waals surface area contributed by atoms with Crippen LogP contribution in [0.5, 0.6) is 5.75 Å². The van der Waals surface area contributed by atoms with Gasteiger partial charge in [-0.2, -0.15) is 0 Å². The van der Waals surface area contributed by atoms with Gasteiger partial charge in [-0.15, -0.1) is 0 Å². The molecule has 4 rings (SSSR count). The molecule has 8 nitrogen and oxygen atoms in total. The largest absolute Gasteiger partial charge is 0.497 e. The summed E-state index contributed by atoms with van der Waals surface area (Å²) in [5, 5.41) is 2.89. The van der Waals surface area contributed by atoms with E-state index in [4.69, 9.17) is 14.2 Å². The molecule has 2 aliphatic heterocycles. The number of ether oxygens (including phenoxy) is 3. The van der Waals surface area contributed by atoms with Crippen molar-refractivity contribution in [3.05, 3.63) is 47.9 Å². The van der Waals surface area contributed by atoms with Crippen LogP contribution in [0.15, 0.2) is 36.7 Å². The molecule has 8 heteroatoms.